The van der Waals surface area contributed by atoms with Gasteiger partial charge in [0.15, 0.2) is 0 Å². The summed E-state index contributed by atoms with van der Waals surface area (Å²) in [6.45, 7) is 2.09. The van der Waals surface area contributed by atoms with Crippen LogP contribution in [0.2, 0.25) is 0 Å². The molecular weight excluding hydrogens is 164 g/mol. The number of ketones is 1. The van der Waals surface area contributed by atoms with Crippen LogP contribution in [-0.4, -0.2) is 15.6 Å². The average Bonchev–Trinajstić information content (AvgIpc) is 2.48. The molecule has 0 atom stereocenters. The predicted molar refractivity (Wildman–Crippen MR) is 51.4 cm³/mol. The zero-order valence-electron chi connectivity index (χ0n) is 8.29. The van der Waals surface area contributed by atoms with Crippen molar-refractivity contribution in [1.29, 1.82) is 0 Å². The first-order valence-electron chi connectivity index (χ1n) is 4.72. The molecule has 0 bridgehead atoms. The molecule has 0 N–H and O–H groups in total. The van der Waals surface area contributed by atoms with Crippen molar-refractivity contribution in [2.75, 3.05) is 0 Å². The molecular formula is C10H16N2O. The molecule has 1 rings (SSSR count). The van der Waals surface area contributed by atoms with E-state index in [1.165, 1.54) is 0 Å². The average molecular weight is 180 g/mol. The van der Waals surface area contributed by atoms with Crippen molar-refractivity contribution in [2.24, 2.45) is 7.05 Å². The Kier molecular flexibility index (Phi) is 3.68. The summed E-state index contributed by atoms with van der Waals surface area (Å²) in [5.74, 6) is 0.292. The highest BCUT2D eigenvalue weighted by molar-refractivity contribution is 5.80. The fourth-order valence-electron chi connectivity index (χ4n) is 1.22. The van der Waals surface area contributed by atoms with Crippen LogP contribution in [0.1, 0.15) is 31.9 Å². The van der Waals surface area contributed by atoms with E-state index < -0.39 is 0 Å². The monoisotopic (exact) mass is 180 g/mol. The molecule has 0 amide bonds. The van der Waals surface area contributed by atoms with Crippen LogP contribution in [0.25, 0.3) is 0 Å². The number of hydrogen-bond donors (Lipinski definition) is 0. The van der Waals surface area contributed by atoms with Crippen molar-refractivity contribution >= 4 is 5.78 Å². The first-order valence-corrected chi connectivity index (χ1v) is 4.72. The highest BCUT2D eigenvalue weighted by atomic mass is 16.1. The molecule has 1 heterocycles. The third-order valence-electron chi connectivity index (χ3n) is 1.96. The van der Waals surface area contributed by atoms with Gasteiger partial charge in [-0.05, 0) is 12.5 Å². The van der Waals surface area contributed by atoms with Crippen LogP contribution in [0.15, 0.2) is 12.3 Å². The third kappa shape index (κ3) is 3.40. The maximum absolute atomic E-state index is 11.3. The van der Waals surface area contributed by atoms with E-state index in [1.807, 2.05) is 19.3 Å². The second kappa shape index (κ2) is 4.80. The molecule has 3 heteroatoms. The quantitative estimate of drug-likeness (QED) is 0.691. The summed E-state index contributed by atoms with van der Waals surface area (Å²) in [4.78, 5) is 11.3. The molecule has 0 aliphatic rings. The van der Waals surface area contributed by atoms with Gasteiger partial charge in [-0.1, -0.05) is 13.3 Å². The van der Waals surface area contributed by atoms with Gasteiger partial charge < -0.3 is 0 Å². The highest BCUT2D eigenvalue weighted by Gasteiger charge is 2.04. The number of aromatic nitrogens is 2. The van der Waals surface area contributed by atoms with Crippen LogP contribution in [0.5, 0.6) is 0 Å². The topological polar surface area (TPSA) is 34.9 Å². The van der Waals surface area contributed by atoms with Gasteiger partial charge in [0.1, 0.15) is 5.78 Å². The number of rotatable bonds is 5. The Labute approximate surface area is 78.8 Å². The van der Waals surface area contributed by atoms with Gasteiger partial charge >= 0.3 is 0 Å². The summed E-state index contributed by atoms with van der Waals surface area (Å²) < 4.78 is 1.72. The largest absolute Gasteiger partial charge is 0.299 e. The molecule has 0 aliphatic carbocycles. The van der Waals surface area contributed by atoms with Crippen LogP contribution < -0.4 is 0 Å². The molecule has 0 spiro atoms. The van der Waals surface area contributed by atoms with E-state index in [1.54, 1.807) is 4.68 Å². The van der Waals surface area contributed by atoms with Gasteiger partial charge in [-0.25, -0.2) is 0 Å². The van der Waals surface area contributed by atoms with Gasteiger partial charge in [0.2, 0.25) is 0 Å². The summed E-state index contributed by atoms with van der Waals surface area (Å²) >= 11 is 0. The lowest BCUT2D eigenvalue weighted by Crippen LogP contribution is -2.03. The summed E-state index contributed by atoms with van der Waals surface area (Å²) in [5, 5.41) is 4.15. The van der Waals surface area contributed by atoms with Crippen LogP contribution >= 0.6 is 0 Å². The number of unbranched alkanes of at least 4 members (excludes halogenated alkanes) is 1. The smallest absolute Gasteiger partial charge is 0.138 e. The number of carbonyl (C=O) groups excluding carboxylic acids is 1. The second-order valence-corrected chi connectivity index (χ2v) is 3.30. The van der Waals surface area contributed by atoms with Crippen molar-refractivity contribution in [3.8, 4) is 0 Å². The minimum atomic E-state index is 0.292. The number of nitrogens with zero attached hydrogens (tertiary/aromatic N) is 2. The van der Waals surface area contributed by atoms with E-state index >= 15 is 0 Å². The van der Waals surface area contributed by atoms with Gasteiger partial charge in [-0.15, -0.1) is 0 Å². The molecule has 0 saturated carbocycles. The fourth-order valence-corrected chi connectivity index (χ4v) is 1.22. The van der Waals surface area contributed by atoms with E-state index in [2.05, 4.69) is 12.0 Å². The van der Waals surface area contributed by atoms with Crippen molar-refractivity contribution in [1.82, 2.24) is 9.78 Å². The zero-order valence-corrected chi connectivity index (χ0v) is 8.29. The van der Waals surface area contributed by atoms with Crippen LogP contribution in [0.4, 0.5) is 0 Å². The fraction of sp³-hybridized carbons (Fsp3) is 0.600. The maximum atomic E-state index is 11.3. The Morgan fingerprint density at radius 1 is 1.62 bits per heavy atom. The summed E-state index contributed by atoms with van der Waals surface area (Å²) in [6, 6.07) is 1.89. The van der Waals surface area contributed by atoms with E-state index in [0.717, 1.165) is 18.5 Å². The molecule has 0 fully saturated rings. The first-order chi connectivity index (χ1) is 6.22. The number of hydrogen-bond acceptors (Lipinski definition) is 2. The molecule has 13 heavy (non-hydrogen) atoms. The molecule has 1 aromatic rings. The number of aryl methyl sites for hydroxylation is 1. The van der Waals surface area contributed by atoms with Crippen molar-refractivity contribution < 1.29 is 4.79 Å². The zero-order chi connectivity index (χ0) is 9.68. The minimum Gasteiger partial charge on any atom is -0.299 e. The molecule has 0 aromatic carbocycles. The van der Waals surface area contributed by atoms with E-state index in [-0.39, 0.29) is 0 Å². The van der Waals surface area contributed by atoms with Gasteiger partial charge in [0.05, 0.1) is 12.1 Å². The maximum Gasteiger partial charge on any atom is 0.138 e. The predicted octanol–water partition coefficient (Wildman–Crippen LogP) is 1.72. The standard InChI is InChI=1S/C10H16N2O/c1-3-4-5-10(13)8-9-6-7-12(2)11-9/h6-7H,3-5,8H2,1-2H3. The van der Waals surface area contributed by atoms with Crippen molar-refractivity contribution in [2.45, 2.75) is 32.6 Å². The molecule has 72 valence electrons. The Bertz CT molecular complexity index is 278. The Balaban J connectivity index is 2.36. The Morgan fingerprint density at radius 3 is 2.92 bits per heavy atom. The van der Waals surface area contributed by atoms with E-state index in [4.69, 9.17) is 0 Å². The van der Waals surface area contributed by atoms with E-state index in [0.29, 0.717) is 18.6 Å². The number of carbonyl (C=O) groups is 1. The van der Waals surface area contributed by atoms with Crippen LogP contribution in [0, 0.1) is 0 Å². The van der Waals surface area contributed by atoms with Gasteiger partial charge in [-0.3, -0.25) is 9.48 Å². The van der Waals surface area contributed by atoms with Crippen molar-refractivity contribution in [3.63, 3.8) is 0 Å². The lowest BCUT2D eigenvalue weighted by molar-refractivity contribution is -0.118. The number of Topliss-reactive ketones (excluding diaryl/α,β-unsaturated/α-hetero) is 1. The van der Waals surface area contributed by atoms with Gasteiger partial charge in [-0.2, -0.15) is 5.10 Å². The lowest BCUT2D eigenvalue weighted by atomic mass is 10.1. The SMILES string of the molecule is CCCCC(=O)Cc1ccn(C)n1. The van der Waals surface area contributed by atoms with Gasteiger partial charge in [0, 0.05) is 19.7 Å². The minimum absolute atomic E-state index is 0.292. The normalized spacial score (nSPS) is 10.3. The summed E-state index contributed by atoms with van der Waals surface area (Å²) in [5.41, 5.74) is 0.878. The summed E-state index contributed by atoms with van der Waals surface area (Å²) in [6.07, 6.45) is 5.11. The molecule has 0 unspecified atom stereocenters. The summed E-state index contributed by atoms with van der Waals surface area (Å²) in [7, 11) is 1.86. The van der Waals surface area contributed by atoms with E-state index in [9.17, 15) is 4.79 Å². The first kappa shape index (κ1) is 9.96. The molecule has 0 radical (unpaired) electrons. The Hall–Kier alpha value is -1.12. The van der Waals surface area contributed by atoms with Crippen molar-refractivity contribution in [3.05, 3.63) is 18.0 Å². The lowest BCUT2D eigenvalue weighted by Gasteiger charge is -1.95. The third-order valence-corrected chi connectivity index (χ3v) is 1.96. The Morgan fingerprint density at radius 2 is 2.38 bits per heavy atom. The molecule has 1 aromatic heterocycles. The van der Waals surface area contributed by atoms with Crippen LogP contribution in [-0.2, 0) is 18.3 Å². The molecule has 0 aliphatic heterocycles. The molecule has 0 saturated heterocycles. The molecule has 3 nitrogen and oxygen atoms in total. The highest BCUT2D eigenvalue weighted by Crippen LogP contribution is 2.02. The van der Waals surface area contributed by atoms with Crippen LogP contribution in [0.3, 0.4) is 0 Å². The van der Waals surface area contributed by atoms with Gasteiger partial charge in [0.25, 0.3) is 0 Å². The second-order valence-electron chi connectivity index (χ2n) is 3.30.